The van der Waals surface area contributed by atoms with Crippen LogP contribution in [0.3, 0.4) is 0 Å². The molecule has 9 atom stereocenters. The summed E-state index contributed by atoms with van der Waals surface area (Å²) in [6, 6.07) is 10.0. The van der Waals surface area contributed by atoms with Gasteiger partial charge in [-0.1, -0.05) is 60.5 Å². The van der Waals surface area contributed by atoms with Gasteiger partial charge in [0.15, 0.2) is 11.6 Å². The minimum Gasteiger partial charge on any atom is -0.508 e. The Hall–Kier alpha value is -8.28. The summed E-state index contributed by atoms with van der Waals surface area (Å²) in [6.07, 6.45) is 7.62. The van der Waals surface area contributed by atoms with Crippen LogP contribution in [-0.2, 0) is 89.6 Å². The molecule has 2 saturated heterocycles. The Balaban J connectivity index is 0.948. The lowest BCUT2D eigenvalue weighted by atomic mass is 9.90. The van der Waals surface area contributed by atoms with Crippen LogP contribution in [-0.4, -0.2) is 189 Å². The zero-order chi connectivity index (χ0) is 63.5. The van der Waals surface area contributed by atoms with Gasteiger partial charge >= 0.3 is 6.03 Å². The Bertz CT molecular complexity index is 2990. The third-order valence-corrected chi connectivity index (χ3v) is 16.9. The number of aromatic amines is 1. The molecular weight excluding hydrogens is 1170 g/mol. The van der Waals surface area contributed by atoms with Crippen LogP contribution in [0.4, 0.5) is 4.79 Å². The second-order valence-corrected chi connectivity index (χ2v) is 23.7. The van der Waals surface area contributed by atoms with E-state index in [0.717, 1.165) is 25.0 Å². The number of benzene rings is 2. The number of hydrogen-bond acceptors (Lipinski definition) is 18. The third kappa shape index (κ3) is 23.3. The Morgan fingerprint density at radius 1 is 0.764 bits per heavy atom. The topological polar surface area (TPSA) is 400 Å². The van der Waals surface area contributed by atoms with Gasteiger partial charge < -0.3 is 72.6 Å². The lowest BCUT2D eigenvalue weighted by Crippen LogP contribution is -2.55. The number of Topliss-reactive ketones (excluding diaryl/α,β-unsaturated/α-hetero) is 2. The van der Waals surface area contributed by atoms with E-state index in [-0.39, 0.29) is 101 Å². The highest BCUT2D eigenvalue weighted by atomic mass is 32.2. The van der Waals surface area contributed by atoms with Gasteiger partial charge in [-0.15, -0.1) is 5.10 Å². The van der Waals surface area contributed by atoms with Crippen molar-refractivity contribution in [3.8, 4) is 5.75 Å². The van der Waals surface area contributed by atoms with Crippen molar-refractivity contribution >= 4 is 70.7 Å². The van der Waals surface area contributed by atoms with Crippen molar-refractivity contribution in [3.05, 3.63) is 95.8 Å². The van der Waals surface area contributed by atoms with Crippen LogP contribution >= 0.6 is 11.8 Å². The molecule has 3 aliphatic heterocycles. The van der Waals surface area contributed by atoms with Crippen molar-refractivity contribution in [2.75, 3.05) is 58.5 Å². The number of carbonyl (C=O) groups is 10. The number of unbranched alkanes of at least 4 members (excludes halogenated alkanes) is 1. The van der Waals surface area contributed by atoms with Crippen LogP contribution in [0.25, 0.3) is 0 Å². The largest absolute Gasteiger partial charge is 0.508 e. The van der Waals surface area contributed by atoms with E-state index in [1.54, 1.807) is 48.7 Å². The molecule has 0 aliphatic carbocycles. The van der Waals surface area contributed by atoms with E-state index in [9.17, 15) is 53.1 Å². The number of hydrogen-bond donors (Lipinski definition) is 11. The molecular formula is C60H82N14O14S. The molecule has 28 nitrogen and oxygen atoms in total. The standard InChI is InChI=1S/C60H82N14O14S/c1-37-57(82)64-32-53(79)68-47(26-39-14-16-44(75)17-15-39)59(84)69-46(29-42-31-62-36-65-42)49(76)27-40(56(61)81)11-7-8-19-74-33-43(72-73-74)30-45(50(77)28-41(58(83)66-37)25-38-9-3-2-4-10-38)67-54(80)34-88-24-23-87-22-21-86-20-18-63-52(78)13-6-5-12-51-55-48(35-89-51)70-60(85)71-55/h2-4,9-10,14-17,31,33,36-37,40-41,45-48,51,55,75H,5-8,11-13,18-30,32,34-35H2,1H3,(H2,61,81)(H,62,65)(H,63,78)(H,64,82)(H,66,83)(H,67,80)(H,68,79)(H,69,84)(H2,70,71,85)/t37-,40+,41+,45-,46-,47-,48+,51+,55+/m0/s1. The summed E-state index contributed by atoms with van der Waals surface area (Å²) in [7, 11) is 0. The summed E-state index contributed by atoms with van der Waals surface area (Å²) in [5.41, 5.74) is 7.91. The molecule has 12 N–H and O–H groups in total. The second-order valence-electron chi connectivity index (χ2n) is 22.4. The number of fused-ring (bicyclic) bond motifs is 3. The fourth-order valence-corrected chi connectivity index (χ4v) is 12.1. The lowest BCUT2D eigenvalue weighted by Gasteiger charge is -2.24. The van der Waals surface area contributed by atoms with Gasteiger partial charge in [0, 0.05) is 92.5 Å². The molecule has 2 aromatic carbocycles. The van der Waals surface area contributed by atoms with Crippen LogP contribution in [0.1, 0.15) is 87.2 Å². The molecule has 9 amide bonds. The van der Waals surface area contributed by atoms with Crippen molar-refractivity contribution in [3.63, 3.8) is 0 Å². The minimum absolute atomic E-state index is 0.0276. The molecule has 3 aliphatic rings. The quantitative estimate of drug-likeness (QED) is 0.0319. The molecule has 5 heterocycles. The smallest absolute Gasteiger partial charge is 0.315 e. The van der Waals surface area contributed by atoms with Crippen molar-refractivity contribution in [1.29, 1.82) is 0 Å². The van der Waals surface area contributed by atoms with E-state index in [1.807, 2.05) is 11.8 Å². The molecule has 2 aromatic heterocycles. The molecule has 4 aromatic rings. The number of imidazole rings is 1. The first-order valence-corrected chi connectivity index (χ1v) is 31.2. The number of H-pyrrole nitrogens is 1. The Morgan fingerprint density at radius 2 is 1.52 bits per heavy atom. The predicted molar refractivity (Wildman–Crippen MR) is 323 cm³/mol. The summed E-state index contributed by atoms with van der Waals surface area (Å²) in [5, 5.41) is 40.9. The van der Waals surface area contributed by atoms with Crippen LogP contribution < -0.4 is 48.3 Å². The number of phenolic OH excluding ortho intramolecular Hbond substituents is 1. The summed E-state index contributed by atoms with van der Waals surface area (Å²) < 4.78 is 18.3. The van der Waals surface area contributed by atoms with E-state index in [0.29, 0.717) is 66.7 Å². The minimum atomic E-state index is -1.32. The number of aromatic nitrogens is 5. The first-order chi connectivity index (χ1) is 43.0. The Kier molecular flexibility index (Phi) is 27.3. The van der Waals surface area contributed by atoms with E-state index in [4.69, 9.17) is 19.9 Å². The Labute approximate surface area is 519 Å². The molecule has 0 spiro atoms. The van der Waals surface area contributed by atoms with E-state index >= 15 is 0 Å². The number of nitrogens with zero attached hydrogens (tertiary/aromatic N) is 4. The molecule has 0 saturated carbocycles. The van der Waals surface area contributed by atoms with Crippen molar-refractivity contribution in [2.24, 2.45) is 17.6 Å². The maximum absolute atomic E-state index is 14.5. The fourth-order valence-electron chi connectivity index (χ4n) is 10.6. The van der Waals surface area contributed by atoms with Crippen LogP contribution in [0.5, 0.6) is 5.75 Å². The number of carbonyl (C=O) groups excluding carboxylic acids is 10. The van der Waals surface area contributed by atoms with Crippen LogP contribution in [0, 0.1) is 11.8 Å². The Morgan fingerprint density at radius 3 is 2.27 bits per heavy atom. The molecule has 0 radical (unpaired) electrons. The first kappa shape index (κ1) is 68.2. The number of nitrogens with one attached hydrogen (secondary N) is 9. The maximum atomic E-state index is 14.5. The molecule has 2 fully saturated rings. The van der Waals surface area contributed by atoms with Crippen LogP contribution in [0.2, 0.25) is 0 Å². The van der Waals surface area contributed by atoms with Gasteiger partial charge in [-0.25, -0.2) is 9.78 Å². The molecule has 2 bridgehead atoms. The highest BCUT2D eigenvalue weighted by molar-refractivity contribution is 8.00. The van der Waals surface area contributed by atoms with Gasteiger partial charge in [-0.2, -0.15) is 11.8 Å². The van der Waals surface area contributed by atoms with Crippen molar-refractivity contribution < 1.29 is 67.3 Å². The molecule has 0 unspecified atom stereocenters. The summed E-state index contributed by atoms with van der Waals surface area (Å²) in [6.45, 7) is 1.88. The van der Waals surface area contributed by atoms with Gasteiger partial charge in [0.1, 0.15) is 24.4 Å². The normalized spacial score (nSPS) is 23.6. The number of thioether (sulfide) groups is 1. The van der Waals surface area contributed by atoms with Crippen molar-refractivity contribution in [2.45, 2.75) is 138 Å². The highest BCUT2D eigenvalue weighted by Gasteiger charge is 2.42. The summed E-state index contributed by atoms with van der Waals surface area (Å²) >= 11 is 1.85. The second kappa shape index (κ2) is 35.6. The predicted octanol–water partition coefficient (Wildman–Crippen LogP) is -0.236. The average Bonchev–Trinajstić information content (AvgIpc) is 4.19. The zero-order valence-corrected chi connectivity index (χ0v) is 50.7. The monoisotopic (exact) mass is 1250 g/mol. The summed E-state index contributed by atoms with van der Waals surface area (Å²) in [4.78, 5) is 141. The van der Waals surface area contributed by atoms with Gasteiger partial charge in [0.25, 0.3) is 0 Å². The highest BCUT2D eigenvalue weighted by Crippen LogP contribution is 2.33. The molecule has 89 heavy (non-hydrogen) atoms. The van der Waals surface area contributed by atoms with E-state index in [1.165, 1.54) is 36.3 Å². The van der Waals surface area contributed by atoms with Crippen molar-refractivity contribution in [1.82, 2.24) is 67.5 Å². The molecule has 482 valence electrons. The number of rotatable bonds is 24. The lowest BCUT2D eigenvalue weighted by molar-refractivity contribution is -0.135. The number of nitrogens with two attached hydrogens (primary N) is 1. The third-order valence-electron chi connectivity index (χ3n) is 15.4. The van der Waals surface area contributed by atoms with Crippen LogP contribution in [0.15, 0.2) is 73.3 Å². The number of ether oxygens (including phenoxy) is 3. The number of aromatic hydroxyl groups is 1. The first-order valence-electron chi connectivity index (χ1n) is 30.1. The van der Waals surface area contributed by atoms with Gasteiger partial charge in [-0.05, 0) is 62.3 Å². The van der Waals surface area contributed by atoms with E-state index < -0.39 is 96.2 Å². The van der Waals surface area contributed by atoms with Gasteiger partial charge in [0.2, 0.25) is 41.4 Å². The fraction of sp³-hybridized carbons (Fsp3) is 0.550. The van der Waals surface area contributed by atoms with Gasteiger partial charge in [0.05, 0.1) is 75.8 Å². The number of aryl methyl sites for hydroxylation is 1. The summed E-state index contributed by atoms with van der Waals surface area (Å²) in [5.74, 6) is -6.59. The number of amides is 9. The number of ketones is 2. The average molecular weight is 1260 g/mol. The SMILES string of the molecule is C[C@@H]1NC(=O)[C@H](Cc2ccccc2)CC(=O)[C@@H](NC(=O)COCCOCCOCCNC(=O)CCCC[C@H]2SC[C@H]3NC(=O)N[C@H]32)Cc2cn(nn2)CCCC[C@@H](C(N)=O)CC(=O)[C@H](Cc2cnc[nH]2)NC(=O)[C@H](Cc2ccc(O)cc2)NC(=O)CNC1=O. The number of phenols is 1. The van der Waals surface area contributed by atoms with E-state index in [2.05, 4.69) is 62.8 Å². The maximum Gasteiger partial charge on any atom is 0.315 e. The molecule has 7 rings (SSSR count). The number of urea groups is 1. The van der Waals surface area contributed by atoms with Gasteiger partial charge in [-0.3, -0.25) is 47.8 Å². The molecule has 29 heteroatoms. The zero-order valence-electron chi connectivity index (χ0n) is 49.9. The number of primary amides is 1.